The Morgan fingerprint density at radius 3 is 2.24 bits per heavy atom. The molecule has 3 fully saturated rings. The second-order valence-electron chi connectivity index (χ2n) is 12.5. The van der Waals surface area contributed by atoms with Gasteiger partial charge in [-0.25, -0.2) is 0 Å². The molecule has 178 valence electrons. The van der Waals surface area contributed by atoms with Crippen molar-refractivity contribution in [2.24, 2.45) is 39.4 Å². The Bertz CT molecular complexity index is 1090. The molecule has 0 aliphatic heterocycles. The Morgan fingerprint density at radius 2 is 1.58 bits per heavy atom. The molecule has 0 radical (unpaired) electrons. The van der Waals surface area contributed by atoms with Crippen molar-refractivity contribution in [2.75, 3.05) is 0 Å². The summed E-state index contributed by atoms with van der Waals surface area (Å²) in [4.78, 5) is 39.1. The normalized spacial score (nSPS) is 49.5. The molecule has 5 rings (SSSR count). The fourth-order valence-corrected chi connectivity index (χ4v) is 8.93. The molecule has 5 aliphatic rings. The molecule has 33 heavy (non-hydrogen) atoms. The predicted octanol–water partition coefficient (Wildman–Crippen LogP) is 4.65. The molecular formula is C28H36O5. The maximum absolute atomic E-state index is 13.8. The van der Waals surface area contributed by atoms with E-state index < -0.39 is 16.9 Å². The zero-order valence-electron chi connectivity index (χ0n) is 20.6. The van der Waals surface area contributed by atoms with E-state index in [1.165, 1.54) is 0 Å². The topological polar surface area (TPSA) is 91.7 Å². The number of allylic oxidation sites excluding steroid dienone is 5. The number of fused-ring (bicyclic) bond motifs is 7. The van der Waals surface area contributed by atoms with Gasteiger partial charge >= 0.3 is 0 Å². The molecule has 8 atom stereocenters. The highest BCUT2D eigenvalue weighted by Crippen LogP contribution is 2.74. The van der Waals surface area contributed by atoms with Gasteiger partial charge in [-0.1, -0.05) is 34.6 Å². The molecule has 2 N–H and O–H groups in total. The van der Waals surface area contributed by atoms with Crippen molar-refractivity contribution >= 4 is 17.3 Å². The minimum absolute atomic E-state index is 0.0455. The number of Topliss-reactive ketones (excluding diaryl/α,β-unsaturated/α-hetero) is 1. The summed E-state index contributed by atoms with van der Waals surface area (Å²) in [6.07, 6.45) is 6.08. The van der Waals surface area contributed by atoms with Gasteiger partial charge < -0.3 is 10.2 Å². The van der Waals surface area contributed by atoms with Crippen LogP contribution in [0.4, 0.5) is 0 Å². The first-order valence-corrected chi connectivity index (χ1v) is 12.4. The highest BCUT2D eigenvalue weighted by atomic mass is 16.3. The maximum Gasteiger partial charge on any atom is 0.220 e. The van der Waals surface area contributed by atoms with E-state index in [1.54, 1.807) is 19.1 Å². The van der Waals surface area contributed by atoms with Crippen LogP contribution in [0.3, 0.4) is 0 Å². The quantitative estimate of drug-likeness (QED) is 0.558. The summed E-state index contributed by atoms with van der Waals surface area (Å²) < 4.78 is 0. The van der Waals surface area contributed by atoms with E-state index in [-0.39, 0.29) is 51.7 Å². The van der Waals surface area contributed by atoms with Crippen molar-refractivity contribution in [1.82, 2.24) is 0 Å². The summed E-state index contributed by atoms with van der Waals surface area (Å²) >= 11 is 0. The van der Waals surface area contributed by atoms with Gasteiger partial charge in [0, 0.05) is 28.2 Å². The van der Waals surface area contributed by atoms with E-state index in [9.17, 15) is 24.6 Å². The zero-order chi connectivity index (χ0) is 24.3. The van der Waals surface area contributed by atoms with Gasteiger partial charge in [-0.2, -0.15) is 0 Å². The van der Waals surface area contributed by atoms with Crippen LogP contribution in [0.1, 0.15) is 73.6 Å². The summed E-state index contributed by atoms with van der Waals surface area (Å²) in [6, 6.07) is 0. The Kier molecular flexibility index (Phi) is 4.52. The number of rotatable bonds is 0. The van der Waals surface area contributed by atoms with Gasteiger partial charge in [0.1, 0.15) is 6.10 Å². The third-order valence-corrected chi connectivity index (χ3v) is 11.2. The zero-order valence-corrected chi connectivity index (χ0v) is 20.6. The maximum atomic E-state index is 13.8. The summed E-state index contributed by atoms with van der Waals surface area (Å²) in [5.74, 6) is -0.953. The smallest absolute Gasteiger partial charge is 0.220 e. The van der Waals surface area contributed by atoms with Crippen molar-refractivity contribution in [3.8, 4) is 0 Å². The van der Waals surface area contributed by atoms with Gasteiger partial charge in [-0.05, 0) is 79.1 Å². The third-order valence-electron chi connectivity index (χ3n) is 11.2. The van der Waals surface area contributed by atoms with Gasteiger partial charge in [0.25, 0.3) is 0 Å². The monoisotopic (exact) mass is 452 g/mol. The second-order valence-corrected chi connectivity index (χ2v) is 12.5. The van der Waals surface area contributed by atoms with E-state index in [1.807, 2.05) is 6.92 Å². The summed E-state index contributed by atoms with van der Waals surface area (Å²) in [6.45, 7) is 12.4. The van der Waals surface area contributed by atoms with Crippen molar-refractivity contribution in [2.45, 2.75) is 79.8 Å². The summed E-state index contributed by atoms with van der Waals surface area (Å²) in [5, 5.41) is 21.3. The van der Waals surface area contributed by atoms with Gasteiger partial charge in [-0.15, -0.1) is 0 Å². The molecule has 0 heterocycles. The average Bonchev–Trinajstić information content (AvgIpc) is 2.75. The van der Waals surface area contributed by atoms with Crippen LogP contribution in [-0.2, 0) is 14.4 Å². The fourth-order valence-electron chi connectivity index (χ4n) is 8.93. The Balaban J connectivity index is 1.66. The lowest BCUT2D eigenvalue weighted by atomic mass is 9.32. The SMILES string of the molecule is CC1=C(O)C(=O)C=C2C1=CC(=O)C1C2(C)CCC2(C)C3CC(C)C(=O)C(O)C3(C)CCC12C. The van der Waals surface area contributed by atoms with Crippen LogP contribution in [0.2, 0.25) is 0 Å². The number of ketones is 3. The predicted molar refractivity (Wildman–Crippen MR) is 124 cm³/mol. The molecule has 0 bridgehead atoms. The van der Waals surface area contributed by atoms with E-state index in [2.05, 4.69) is 27.7 Å². The number of aliphatic hydroxyl groups excluding tert-OH is 2. The molecule has 5 heteroatoms. The molecule has 0 amide bonds. The van der Waals surface area contributed by atoms with Gasteiger partial charge in [0.05, 0.1) is 0 Å². The fraction of sp³-hybridized carbons (Fsp3) is 0.679. The third kappa shape index (κ3) is 2.50. The van der Waals surface area contributed by atoms with Crippen molar-refractivity contribution in [1.29, 1.82) is 0 Å². The summed E-state index contributed by atoms with van der Waals surface area (Å²) in [5.41, 5.74) is 0.567. The highest BCUT2D eigenvalue weighted by molar-refractivity contribution is 6.09. The number of hydrogen-bond acceptors (Lipinski definition) is 5. The minimum atomic E-state index is -0.955. The molecule has 8 unspecified atom stereocenters. The number of carbonyl (C=O) groups excluding carboxylic acids is 3. The van der Waals surface area contributed by atoms with E-state index >= 15 is 0 Å². The van der Waals surface area contributed by atoms with Crippen LogP contribution in [0, 0.1) is 39.4 Å². The standard InChI is InChI=1S/C28H36O5/c1-14-11-20-26(4,24(33)21(14)31)8-10-28(6)23-19(30)12-16-15(2)22(32)18(29)13-17(16)25(23,3)7-9-27(20,28)5/h12-14,20,23-24,32-33H,7-11H2,1-6H3. The molecule has 3 saturated carbocycles. The van der Waals surface area contributed by atoms with Crippen molar-refractivity contribution < 1.29 is 24.6 Å². The number of carbonyl (C=O) groups is 3. The first-order chi connectivity index (χ1) is 15.2. The second kappa shape index (κ2) is 6.56. The molecule has 5 nitrogen and oxygen atoms in total. The Labute approximate surface area is 196 Å². The molecule has 0 aromatic heterocycles. The van der Waals surface area contributed by atoms with E-state index in [0.29, 0.717) is 17.6 Å². The average molecular weight is 453 g/mol. The summed E-state index contributed by atoms with van der Waals surface area (Å²) in [7, 11) is 0. The number of aliphatic hydroxyl groups is 2. The lowest BCUT2D eigenvalue weighted by Gasteiger charge is -2.71. The van der Waals surface area contributed by atoms with Crippen LogP contribution in [0.25, 0.3) is 0 Å². The van der Waals surface area contributed by atoms with E-state index in [4.69, 9.17) is 0 Å². The van der Waals surface area contributed by atoms with Crippen LogP contribution in [0.5, 0.6) is 0 Å². The lowest BCUT2D eigenvalue weighted by molar-refractivity contribution is -0.225. The Hall–Kier alpha value is -2.01. The van der Waals surface area contributed by atoms with Crippen LogP contribution in [0.15, 0.2) is 34.6 Å². The highest BCUT2D eigenvalue weighted by Gasteiger charge is 2.71. The molecule has 0 saturated heterocycles. The number of hydrogen-bond donors (Lipinski definition) is 2. The van der Waals surface area contributed by atoms with Crippen LogP contribution < -0.4 is 0 Å². The molecular weight excluding hydrogens is 416 g/mol. The Morgan fingerprint density at radius 1 is 0.939 bits per heavy atom. The van der Waals surface area contributed by atoms with Gasteiger partial charge in [0.2, 0.25) is 5.78 Å². The van der Waals surface area contributed by atoms with Gasteiger partial charge in [-0.3, -0.25) is 14.4 Å². The minimum Gasteiger partial charge on any atom is -0.504 e. The lowest BCUT2D eigenvalue weighted by Crippen LogP contribution is -2.68. The van der Waals surface area contributed by atoms with Crippen LogP contribution >= 0.6 is 0 Å². The molecule has 5 aliphatic carbocycles. The molecule has 0 aromatic rings. The molecule has 0 spiro atoms. The van der Waals surface area contributed by atoms with Crippen molar-refractivity contribution in [3.05, 3.63) is 34.6 Å². The van der Waals surface area contributed by atoms with Crippen LogP contribution in [-0.4, -0.2) is 33.7 Å². The molecule has 0 aromatic carbocycles. The van der Waals surface area contributed by atoms with E-state index in [0.717, 1.165) is 31.3 Å². The largest absolute Gasteiger partial charge is 0.504 e. The van der Waals surface area contributed by atoms with Crippen molar-refractivity contribution in [3.63, 3.8) is 0 Å². The first-order valence-electron chi connectivity index (χ1n) is 12.4. The van der Waals surface area contributed by atoms with Gasteiger partial charge in [0.15, 0.2) is 17.3 Å². The first kappa shape index (κ1) is 22.8.